The highest BCUT2D eigenvalue weighted by Crippen LogP contribution is 2.16. The minimum absolute atomic E-state index is 0.820. The van der Waals surface area contributed by atoms with Crippen molar-refractivity contribution < 1.29 is 0 Å². The Morgan fingerprint density at radius 2 is 0.606 bits per heavy atom. The molecule has 0 fully saturated rings. The molecule has 0 amide bonds. The number of hydrogen-bond acceptors (Lipinski definition) is 2. The van der Waals surface area contributed by atoms with Crippen LogP contribution >= 0.6 is 0 Å². The molecule has 2 nitrogen and oxygen atoms in total. The van der Waals surface area contributed by atoms with Crippen LogP contribution in [0.25, 0.3) is 0 Å². The van der Waals surface area contributed by atoms with E-state index < -0.39 is 0 Å². The van der Waals surface area contributed by atoms with Crippen LogP contribution in [0.5, 0.6) is 0 Å². The van der Waals surface area contributed by atoms with Gasteiger partial charge in [-0.2, -0.15) is 0 Å². The fraction of sp³-hybridized carbons (Fsp3) is 0.226. The highest BCUT2D eigenvalue weighted by atomic mass is 14.5. The molecule has 0 saturated carbocycles. The van der Waals surface area contributed by atoms with Gasteiger partial charge in [0.05, 0.1) is 0 Å². The summed E-state index contributed by atoms with van der Waals surface area (Å²) < 4.78 is 0. The van der Waals surface area contributed by atoms with E-state index in [-0.39, 0.29) is 0 Å². The van der Waals surface area contributed by atoms with Crippen LogP contribution in [0, 0.1) is 0 Å². The predicted molar refractivity (Wildman–Crippen MR) is 141 cm³/mol. The fourth-order valence-corrected chi connectivity index (χ4v) is 4.22. The predicted octanol–water partition coefficient (Wildman–Crippen LogP) is 6.99. The molecule has 0 atom stereocenters. The maximum absolute atomic E-state index is 5.77. The number of hydrogen-bond donors (Lipinski definition) is 2. The zero-order chi connectivity index (χ0) is 22.9. The van der Waals surface area contributed by atoms with Crippen LogP contribution in [0.1, 0.15) is 52.6 Å². The summed E-state index contributed by atoms with van der Waals surface area (Å²) in [6.45, 7) is 0. The normalized spacial score (nSPS) is 10.9. The zero-order valence-electron chi connectivity index (χ0n) is 19.3. The molecule has 168 valence electrons. The van der Waals surface area contributed by atoms with Gasteiger partial charge in [0.15, 0.2) is 0 Å². The van der Waals surface area contributed by atoms with Crippen molar-refractivity contribution >= 4 is 11.4 Å². The average Bonchev–Trinajstić information content (AvgIpc) is 2.84. The summed E-state index contributed by atoms with van der Waals surface area (Å²) in [5, 5.41) is 0. The van der Waals surface area contributed by atoms with Crippen LogP contribution in [0.4, 0.5) is 11.4 Å². The third-order valence-electron chi connectivity index (χ3n) is 6.25. The second-order valence-electron chi connectivity index (χ2n) is 9.03. The summed E-state index contributed by atoms with van der Waals surface area (Å²) >= 11 is 0. The lowest BCUT2D eigenvalue weighted by Gasteiger charge is -2.07. The Balaban J connectivity index is 1.15. The van der Waals surface area contributed by atoms with Crippen molar-refractivity contribution in [2.75, 3.05) is 11.5 Å². The fourth-order valence-electron chi connectivity index (χ4n) is 4.22. The molecule has 0 aliphatic carbocycles. The molecule has 0 spiro atoms. The van der Waals surface area contributed by atoms with Gasteiger partial charge in [-0.25, -0.2) is 0 Å². The van der Waals surface area contributed by atoms with Crippen LogP contribution in [-0.4, -0.2) is 0 Å². The Labute approximate surface area is 198 Å². The Bertz CT molecular complexity index is 1020. The number of unbranched alkanes of at least 4 members (excludes halogenated alkanes) is 2. The van der Waals surface area contributed by atoms with Gasteiger partial charge in [-0.3, -0.25) is 0 Å². The van der Waals surface area contributed by atoms with Gasteiger partial charge in [0.2, 0.25) is 0 Å². The molecular formula is C31H34N2. The number of benzene rings is 4. The van der Waals surface area contributed by atoms with E-state index in [0.717, 1.165) is 37.1 Å². The van der Waals surface area contributed by atoms with E-state index in [2.05, 4.69) is 72.8 Å². The van der Waals surface area contributed by atoms with Crippen LogP contribution in [0.15, 0.2) is 97.1 Å². The monoisotopic (exact) mass is 434 g/mol. The molecule has 0 bridgehead atoms. The van der Waals surface area contributed by atoms with E-state index in [0.29, 0.717) is 0 Å². The maximum atomic E-state index is 5.77. The van der Waals surface area contributed by atoms with E-state index in [9.17, 15) is 0 Å². The van der Waals surface area contributed by atoms with Gasteiger partial charge in [-0.15, -0.1) is 0 Å². The van der Waals surface area contributed by atoms with Gasteiger partial charge >= 0.3 is 0 Å². The molecule has 0 radical (unpaired) electrons. The van der Waals surface area contributed by atoms with Crippen molar-refractivity contribution in [1.29, 1.82) is 0 Å². The molecular weight excluding hydrogens is 400 g/mol. The number of nitrogen functional groups attached to an aromatic ring is 2. The van der Waals surface area contributed by atoms with Gasteiger partial charge in [0.25, 0.3) is 0 Å². The number of nitrogens with two attached hydrogens (primary N) is 2. The van der Waals surface area contributed by atoms with Gasteiger partial charge in [-0.1, -0.05) is 79.2 Å². The third-order valence-corrected chi connectivity index (χ3v) is 6.25. The lowest BCUT2D eigenvalue weighted by molar-refractivity contribution is 0.678. The van der Waals surface area contributed by atoms with Gasteiger partial charge in [0, 0.05) is 11.4 Å². The Morgan fingerprint density at radius 3 is 0.939 bits per heavy atom. The topological polar surface area (TPSA) is 52.0 Å². The smallest absolute Gasteiger partial charge is 0.0314 e. The van der Waals surface area contributed by atoms with Crippen LogP contribution in [0.2, 0.25) is 0 Å². The third kappa shape index (κ3) is 7.25. The van der Waals surface area contributed by atoms with E-state index in [4.69, 9.17) is 11.5 Å². The first-order valence-corrected chi connectivity index (χ1v) is 12.0. The van der Waals surface area contributed by atoms with Crippen molar-refractivity contribution in [3.8, 4) is 0 Å². The molecule has 0 saturated heterocycles. The molecule has 4 aromatic carbocycles. The SMILES string of the molecule is Nc1ccc(Cc2ccc(CCCCCc3ccc(Cc4ccc(N)cc4)cc3)cc2)cc1. The standard InChI is InChI=1S/C31H34N2/c32-30-18-14-28(15-19-30)22-26-10-6-24(7-11-26)4-2-1-3-5-25-8-12-27(13-9-25)23-29-16-20-31(33)21-17-29/h6-21H,1-5,22-23,32-33H2. The molecule has 0 unspecified atom stereocenters. The molecule has 4 rings (SSSR count). The molecule has 33 heavy (non-hydrogen) atoms. The second-order valence-corrected chi connectivity index (χ2v) is 9.03. The Morgan fingerprint density at radius 1 is 0.333 bits per heavy atom. The lowest BCUT2D eigenvalue weighted by Crippen LogP contribution is -1.93. The molecule has 0 aliphatic heterocycles. The van der Waals surface area contributed by atoms with Crippen LogP contribution < -0.4 is 11.5 Å². The van der Waals surface area contributed by atoms with Crippen molar-refractivity contribution in [3.63, 3.8) is 0 Å². The summed E-state index contributed by atoms with van der Waals surface area (Å²) in [5.41, 5.74) is 21.4. The first-order chi connectivity index (χ1) is 16.1. The quantitative estimate of drug-likeness (QED) is 0.209. The first-order valence-electron chi connectivity index (χ1n) is 12.0. The first kappa shape index (κ1) is 22.7. The van der Waals surface area contributed by atoms with Crippen LogP contribution in [0.3, 0.4) is 0 Å². The highest BCUT2D eigenvalue weighted by Gasteiger charge is 2.01. The van der Waals surface area contributed by atoms with Crippen molar-refractivity contribution in [2.24, 2.45) is 0 Å². The molecule has 2 heteroatoms. The molecule has 0 aliphatic rings. The van der Waals surface area contributed by atoms with Gasteiger partial charge in [-0.05, 0) is 96.2 Å². The molecule has 0 aromatic heterocycles. The largest absolute Gasteiger partial charge is 0.399 e. The van der Waals surface area contributed by atoms with E-state index in [1.54, 1.807) is 0 Å². The van der Waals surface area contributed by atoms with Crippen LogP contribution in [-0.2, 0) is 25.7 Å². The number of anilines is 2. The summed E-state index contributed by atoms with van der Waals surface area (Å²) in [6, 6.07) is 34.5. The summed E-state index contributed by atoms with van der Waals surface area (Å²) in [4.78, 5) is 0. The van der Waals surface area contributed by atoms with Crippen molar-refractivity contribution in [1.82, 2.24) is 0 Å². The number of aryl methyl sites for hydroxylation is 2. The van der Waals surface area contributed by atoms with Crippen molar-refractivity contribution in [3.05, 3.63) is 130 Å². The van der Waals surface area contributed by atoms with Gasteiger partial charge in [0.1, 0.15) is 0 Å². The van der Waals surface area contributed by atoms with E-state index in [1.807, 2.05) is 24.3 Å². The minimum Gasteiger partial charge on any atom is -0.399 e. The van der Waals surface area contributed by atoms with Crippen molar-refractivity contribution in [2.45, 2.75) is 44.9 Å². The zero-order valence-corrected chi connectivity index (χ0v) is 19.3. The van der Waals surface area contributed by atoms with E-state index in [1.165, 1.54) is 52.6 Å². The lowest BCUT2D eigenvalue weighted by atomic mass is 9.99. The molecule has 0 heterocycles. The van der Waals surface area contributed by atoms with Gasteiger partial charge < -0.3 is 11.5 Å². The van der Waals surface area contributed by atoms with E-state index >= 15 is 0 Å². The molecule has 4 aromatic rings. The maximum Gasteiger partial charge on any atom is 0.0314 e. The Hall–Kier alpha value is -3.52. The minimum atomic E-state index is 0.820. The highest BCUT2D eigenvalue weighted by molar-refractivity contribution is 5.41. The summed E-state index contributed by atoms with van der Waals surface area (Å²) in [5.74, 6) is 0. The summed E-state index contributed by atoms with van der Waals surface area (Å²) in [6.07, 6.45) is 7.98. The second kappa shape index (κ2) is 11.4. The number of rotatable bonds is 10. The Kier molecular flexibility index (Phi) is 7.81. The average molecular weight is 435 g/mol. The summed E-state index contributed by atoms with van der Waals surface area (Å²) in [7, 11) is 0. The molecule has 4 N–H and O–H groups in total.